The van der Waals surface area contributed by atoms with Gasteiger partial charge in [-0.15, -0.1) is 0 Å². The average molecular weight is 205 g/mol. The monoisotopic (exact) mass is 205 g/mol. The van der Waals surface area contributed by atoms with Crippen LogP contribution in [0.5, 0.6) is 0 Å². The van der Waals surface area contributed by atoms with Gasteiger partial charge >= 0.3 is 0 Å². The number of nitrogens with one attached hydrogen (secondary N) is 1. The van der Waals surface area contributed by atoms with Gasteiger partial charge in [0.05, 0.1) is 6.26 Å². The Bertz CT molecular complexity index is 248. The highest BCUT2D eigenvalue weighted by atomic mass is 32.2. The van der Waals surface area contributed by atoms with Crippen LogP contribution in [-0.2, 0) is 10.0 Å². The molecule has 0 aromatic rings. The van der Waals surface area contributed by atoms with Crippen LogP contribution in [0.2, 0.25) is 0 Å². The predicted molar refractivity (Wildman–Crippen MR) is 54.0 cm³/mol. The molecule has 1 rings (SSSR count). The van der Waals surface area contributed by atoms with Crippen molar-refractivity contribution in [2.75, 3.05) is 6.26 Å². The van der Waals surface area contributed by atoms with Crippen molar-refractivity contribution in [1.29, 1.82) is 0 Å². The third-order valence-electron chi connectivity index (χ3n) is 2.74. The van der Waals surface area contributed by atoms with Crippen molar-refractivity contribution in [3.8, 4) is 0 Å². The van der Waals surface area contributed by atoms with Crippen molar-refractivity contribution in [3.05, 3.63) is 0 Å². The summed E-state index contributed by atoms with van der Waals surface area (Å²) in [7, 11) is -3.01. The minimum Gasteiger partial charge on any atom is -0.213 e. The van der Waals surface area contributed by atoms with Gasteiger partial charge in [0.2, 0.25) is 10.0 Å². The van der Waals surface area contributed by atoms with Gasteiger partial charge in [0.15, 0.2) is 0 Å². The van der Waals surface area contributed by atoms with Gasteiger partial charge in [0.1, 0.15) is 0 Å². The Labute approximate surface area is 81.0 Å². The topological polar surface area (TPSA) is 46.2 Å². The normalized spacial score (nSPS) is 30.3. The fraction of sp³-hybridized carbons (Fsp3) is 1.00. The second kappa shape index (κ2) is 4.42. The second-order valence-electron chi connectivity index (χ2n) is 4.03. The van der Waals surface area contributed by atoms with Crippen LogP contribution in [0.4, 0.5) is 0 Å². The SMILES string of the molecule is CC[C@H]1CCC[C@@H](NS(C)(=O)=O)C1. The van der Waals surface area contributed by atoms with Crippen molar-refractivity contribution in [2.45, 2.75) is 45.1 Å². The molecule has 1 aliphatic carbocycles. The van der Waals surface area contributed by atoms with E-state index in [4.69, 9.17) is 0 Å². The molecule has 0 aromatic heterocycles. The molecule has 1 saturated carbocycles. The molecule has 3 nitrogen and oxygen atoms in total. The van der Waals surface area contributed by atoms with Gasteiger partial charge in [0.25, 0.3) is 0 Å². The van der Waals surface area contributed by atoms with E-state index >= 15 is 0 Å². The Kier molecular flexibility index (Phi) is 3.74. The standard InChI is InChI=1S/C9H19NO2S/c1-3-8-5-4-6-9(7-8)10-13(2,11)12/h8-10H,3-7H2,1-2H3/t8-,9+/m0/s1. The van der Waals surface area contributed by atoms with Crippen LogP contribution in [0.15, 0.2) is 0 Å². The molecule has 0 heterocycles. The van der Waals surface area contributed by atoms with Gasteiger partial charge in [-0.3, -0.25) is 0 Å². The third kappa shape index (κ3) is 4.09. The maximum Gasteiger partial charge on any atom is 0.208 e. The van der Waals surface area contributed by atoms with Gasteiger partial charge in [-0.05, 0) is 18.8 Å². The molecule has 4 heteroatoms. The Morgan fingerprint density at radius 1 is 1.38 bits per heavy atom. The van der Waals surface area contributed by atoms with Crippen LogP contribution >= 0.6 is 0 Å². The van der Waals surface area contributed by atoms with Crippen LogP contribution in [0, 0.1) is 5.92 Å². The predicted octanol–water partition coefficient (Wildman–Crippen LogP) is 1.50. The lowest BCUT2D eigenvalue weighted by Gasteiger charge is -2.28. The van der Waals surface area contributed by atoms with E-state index < -0.39 is 10.0 Å². The quantitative estimate of drug-likeness (QED) is 0.759. The smallest absolute Gasteiger partial charge is 0.208 e. The molecular formula is C9H19NO2S. The highest BCUT2D eigenvalue weighted by molar-refractivity contribution is 7.88. The van der Waals surface area contributed by atoms with E-state index in [1.54, 1.807) is 0 Å². The molecule has 0 spiro atoms. The van der Waals surface area contributed by atoms with Crippen LogP contribution in [0.1, 0.15) is 39.0 Å². The first-order valence-corrected chi connectivity index (χ1v) is 6.87. The molecule has 2 atom stereocenters. The zero-order chi connectivity index (χ0) is 9.90. The highest BCUT2D eigenvalue weighted by Gasteiger charge is 2.22. The first kappa shape index (κ1) is 11.0. The number of hydrogen-bond donors (Lipinski definition) is 1. The molecular weight excluding hydrogens is 186 g/mol. The lowest BCUT2D eigenvalue weighted by atomic mass is 9.85. The summed E-state index contributed by atoms with van der Waals surface area (Å²) in [5.41, 5.74) is 0. The van der Waals surface area contributed by atoms with Gasteiger partial charge in [-0.25, -0.2) is 13.1 Å². The molecule has 1 aliphatic rings. The van der Waals surface area contributed by atoms with Crippen LogP contribution in [0.25, 0.3) is 0 Å². The van der Waals surface area contributed by atoms with E-state index in [-0.39, 0.29) is 6.04 Å². The van der Waals surface area contributed by atoms with Gasteiger partial charge in [0, 0.05) is 6.04 Å². The highest BCUT2D eigenvalue weighted by Crippen LogP contribution is 2.26. The molecule has 0 amide bonds. The molecule has 0 radical (unpaired) electrons. The molecule has 1 fully saturated rings. The summed E-state index contributed by atoms with van der Waals surface area (Å²) in [4.78, 5) is 0. The maximum absolute atomic E-state index is 11.0. The Morgan fingerprint density at radius 2 is 2.08 bits per heavy atom. The average Bonchev–Trinajstić information content (AvgIpc) is 2.01. The van der Waals surface area contributed by atoms with Crippen LogP contribution < -0.4 is 4.72 Å². The largest absolute Gasteiger partial charge is 0.213 e. The fourth-order valence-corrected chi connectivity index (χ4v) is 2.89. The number of hydrogen-bond acceptors (Lipinski definition) is 2. The van der Waals surface area contributed by atoms with Crippen LogP contribution in [0.3, 0.4) is 0 Å². The first-order valence-electron chi connectivity index (χ1n) is 4.98. The molecule has 0 aliphatic heterocycles. The van der Waals surface area contributed by atoms with Crippen molar-refractivity contribution < 1.29 is 8.42 Å². The summed E-state index contributed by atoms with van der Waals surface area (Å²) < 4.78 is 24.7. The summed E-state index contributed by atoms with van der Waals surface area (Å²) in [6.45, 7) is 2.17. The Morgan fingerprint density at radius 3 is 2.62 bits per heavy atom. The zero-order valence-corrected chi connectivity index (χ0v) is 9.23. The number of sulfonamides is 1. The summed E-state index contributed by atoms with van der Waals surface area (Å²) in [6, 6.07) is 0.189. The lowest BCUT2D eigenvalue weighted by Crippen LogP contribution is -2.37. The van der Waals surface area contributed by atoms with Crippen molar-refractivity contribution in [2.24, 2.45) is 5.92 Å². The lowest BCUT2D eigenvalue weighted by molar-refractivity contribution is 0.301. The molecule has 0 aromatic carbocycles. The molecule has 13 heavy (non-hydrogen) atoms. The summed E-state index contributed by atoms with van der Waals surface area (Å²) in [5.74, 6) is 0.716. The van der Waals surface area contributed by atoms with Crippen molar-refractivity contribution in [1.82, 2.24) is 4.72 Å². The third-order valence-corrected chi connectivity index (χ3v) is 3.50. The van der Waals surface area contributed by atoms with Crippen LogP contribution in [-0.4, -0.2) is 20.7 Å². The van der Waals surface area contributed by atoms with E-state index in [1.165, 1.54) is 19.1 Å². The summed E-state index contributed by atoms with van der Waals surface area (Å²) in [6.07, 6.45) is 6.85. The Hall–Kier alpha value is -0.0900. The first-order chi connectivity index (χ1) is 6.01. The fourth-order valence-electron chi connectivity index (χ4n) is 2.07. The molecule has 0 saturated heterocycles. The van der Waals surface area contributed by atoms with E-state index in [2.05, 4.69) is 11.6 Å². The minimum absolute atomic E-state index is 0.189. The molecule has 0 bridgehead atoms. The molecule has 1 N–H and O–H groups in total. The summed E-state index contributed by atoms with van der Waals surface area (Å²) in [5, 5.41) is 0. The minimum atomic E-state index is -3.01. The second-order valence-corrected chi connectivity index (χ2v) is 5.81. The van der Waals surface area contributed by atoms with Crippen molar-refractivity contribution in [3.63, 3.8) is 0 Å². The zero-order valence-electron chi connectivity index (χ0n) is 8.41. The molecule has 0 unspecified atom stereocenters. The van der Waals surface area contributed by atoms with E-state index in [1.807, 2.05) is 0 Å². The molecule has 78 valence electrons. The summed E-state index contributed by atoms with van der Waals surface area (Å²) >= 11 is 0. The van der Waals surface area contributed by atoms with E-state index in [0.29, 0.717) is 5.92 Å². The van der Waals surface area contributed by atoms with Gasteiger partial charge < -0.3 is 0 Å². The van der Waals surface area contributed by atoms with Gasteiger partial charge in [-0.1, -0.05) is 26.2 Å². The van der Waals surface area contributed by atoms with Gasteiger partial charge in [-0.2, -0.15) is 0 Å². The van der Waals surface area contributed by atoms with E-state index in [0.717, 1.165) is 19.3 Å². The Balaban J connectivity index is 2.43. The number of rotatable bonds is 3. The maximum atomic E-state index is 11.0. The van der Waals surface area contributed by atoms with E-state index in [9.17, 15) is 8.42 Å². The van der Waals surface area contributed by atoms with Crippen molar-refractivity contribution >= 4 is 10.0 Å².